The van der Waals surface area contributed by atoms with Gasteiger partial charge in [0.25, 0.3) is 5.91 Å². The highest BCUT2D eigenvalue weighted by Gasteiger charge is 2.29. The van der Waals surface area contributed by atoms with Gasteiger partial charge in [0.1, 0.15) is 0 Å². The van der Waals surface area contributed by atoms with E-state index in [4.69, 9.17) is 4.74 Å². The molecule has 1 saturated carbocycles. The summed E-state index contributed by atoms with van der Waals surface area (Å²) in [5, 5.41) is 16.6. The van der Waals surface area contributed by atoms with Crippen LogP contribution in [0.5, 0.6) is 0 Å². The Hall–Kier alpha value is -1.40. The fourth-order valence-electron chi connectivity index (χ4n) is 3.24. The van der Waals surface area contributed by atoms with Crippen LogP contribution in [0.3, 0.4) is 0 Å². The number of methoxy groups -OCH3 is 1. The van der Waals surface area contributed by atoms with Crippen molar-refractivity contribution in [2.45, 2.75) is 57.5 Å². The van der Waals surface area contributed by atoms with Crippen molar-refractivity contribution >= 4 is 5.91 Å². The fourth-order valence-corrected chi connectivity index (χ4v) is 3.24. The molecular formula is C16H27N3O3. The minimum Gasteiger partial charge on any atom is -0.396 e. The standard InChI is InChI=1S/C16H27N3O3/c1-12-14(10-17-19(12)13-6-4-5-7-13)15(21)18-16(2,8-9-20)11-22-3/h10,13,20H,4-9,11H2,1-3H3,(H,18,21). The highest BCUT2D eigenvalue weighted by atomic mass is 16.5. The van der Waals surface area contributed by atoms with Crippen molar-refractivity contribution in [3.63, 3.8) is 0 Å². The second-order valence-electron chi connectivity index (χ2n) is 6.45. The van der Waals surface area contributed by atoms with E-state index in [0.717, 1.165) is 18.5 Å². The van der Waals surface area contributed by atoms with Crippen LogP contribution in [0.1, 0.15) is 61.1 Å². The third-order valence-electron chi connectivity index (χ3n) is 4.50. The van der Waals surface area contributed by atoms with Gasteiger partial charge in [0.2, 0.25) is 0 Å². The Balaban J connectivity index is 2.12. The SMILES string of the molecule is COCC(C)(CCO)NC(=O)c1cnn(C2CCCC2)c1C. The van der Waals surface area contributed by atoms with Gasteiger partial charge in [0.05, 0.1) is 29.9 Å². The summed E-state index contributed by atoms with van der Waals surface area (Å²) >= 11 is 0. The zero-order valence-electron chi connectivity index (χ0n) is 13.8. The zero-order chi connectivity index (χ0) is 16.2. The van der Waals surface area contributed by atoms with Crippen LogP contribution in [-0.2, 0) is 4.74 Å². The lowest BCUT2D eigenvalue weighted by atomic mass is 9.98. The summed E-state index contributed by atoms with van der Waals surface area (Å²) in [5.41, 5.74) is 0.933. The van der Waals surface area contributed by atoms with Crippen LogP contribution in [0.4, 0.5) is 0 Å². The number of hydrogen-bond donors (Lipinski definition) is 2. The first-order chi connectivity index (χ1) is 10.5. The Morgan fingerprint density at radius 2 is 2.23 bits per heavy atom. The molecule has 1 aliphatic carbocycles. The van der Waals surface area contributed by atoms with E-state index in [-0.39, 0.29) is 12.5 Å². The predicted octanol–water partition coefficient (Wildman–Crippen LogP) is 1.82. The first-order valence-corrected chi connectivity index (χ1v) is 7.97. The molecule has 1 aromatic rings. The fraction of sp³-hybridized carbons (Fsp3) is 0.750. The summed E-state index contributed by atoms with van der Waals surface area (Å²) in [6.45, 7) is 4.18. The maximum Gasteiger partial charge on any atom is 0.255 e. The minimum absolute atomic E-state index is 0.000454. The van der Waals surface area contributed by atoms with Gasteiger partial charge in [0.15, 0.2) is 0 Å². The van der Waals surface area contributed by atoms with Crippen molar-refractivity contribution in [2.24, 2.45) is 0 Å². The van der Waals surface area contributed by atoms with E-state index in [1.807, 2.05) is 18.5 Å². The van der Waals surface area contributed by atoms with Gasteiger partial charge in [-0.25, -0.2) is 0 Å². The molecule has 1 aromatic heterocycles. The summed E-state index contributed by atoms with van der Waals surface area (Å²) in [7, 11) is 1.59. The molecule has 2 N–H and O–H groups in total. The molecule has 0 saturated heterocycles. The Bertz CT molecular complexity index is 501. The van der Waals surface area contributed by atoms with Gasteiger partial charge in [-0.15, -0.1) is 0 Å². The third-order valence-corrected chi connectivity index (χ3v) is 4.50. The molecule has 1 heterocycles. The van der Waals surface area contributed by atoms with Gasteiger partial charge in [-0.3, -0.25) is 9.48 Å². The van der Waals surface area contributed by atoms with E-state index in [1.54, 1.807) is 13.3 Å². The molecule has 0 bridgehead atoms. The average Bonchev–Trinajstić information content (AvgIpc) is 3.07. The lowest BCUT2D eigenvalue weighted by Gasteiger charge is -2.29. The number of carbonyl (C=O) groups excluding carboxylic acids is 1. The van der Waals surface area contributed by atoms with Gasteiger partial charge in [0, 0.05) is 19.4 Å². The summed E-state index contributed by atoms with van der Waals surface area (Å²) < 4.78 is 7.15. The minimum atomic E-state index is -0.581. The van der Waals surface area contributed by atoms with E-state index >= 15 is 0 Å². The molecular weight excluding hydrogens is 282 g/mol. The van der Waals surface area contributed by atoms with Crippen LogP contribution in [0.15, 0.2) is 6.20 Å². The smallest absolute Gasteiger partial charge is 0.255 e. The Labute approximate surface area is 131 Å². The normalized spacial score (nSPS) is 18.4. The van der Waals surface area contributed by atoms with Crippen molar-refractivity contribution in [2.75, 3.05) is 20.3 Å². The van der Waals surface area contributed by atoms with Gasteiger partial charge in [-0.05, 0) is 33.1 Å². The third kappa shape index (κ3) is 3.67. The lowest BCUT2D eigenvalue weighted by Crippen LogP contribution is -2.50. The molecule has 22 heavy (non-hydrogen) atoms. The molecule has 0 spiro atoms. The molecule has 1 aliphatic rings. The van der Waals surface area contributed by atoms with Crippen molar-refractivity contribution in [3.8, 4) is 0 Å². The Kier molecular flexibility index (Phi) is 5.58. The largest absolute Gasteiger partial charge is 0.396 e. The van der Waals surface area contributed by atoms with Crippen LogP contribution >= 0.6 is 0 Å². The highest BCUT2D eigenvalue weighted by Crippen LogP contribution is 2.30. The number of aliphatic hydroxyl groups excluding tert-OH is 1. The Morgan fingerprint density at radius 3 is 2.82 bits per heavy atom. The summed E-state index contributed by atoms with van der Waals surface area (Å²) in [6.07, 6.45) is 6.82. The molecule has 6 heteroatoms. The molecule has 0 aliphatic heterocycles. The quantitative estimate of drug-likeness (QED) is 0.805. The maximum absolute atomic E-state index is 12.6. The van der Waals surface area contributed by atoms with E-state index in [9.17, 15) is 9.90 Å². The first kappa shape index (κ1) is 17.0. The van der Waals surface area contributed by atoms with Gasteiger partial charge in [-0.2, -0.15) is 5.10 Å². The second-order valence-corrected chi connectivity index (χ2v) is 6.45. The molecule has 1 unspecified atom stereocenters. The average molecular weight is 309 g/mol. The van der Waals surface area contributed by atoms with E-state index < -0.39 is 5.54 Å². The number of hydrogen-bond acceptors (Lipinski definition) is 4. The van der Waals surface area contributed by atoms with Gasteiger partial charge >= 0.3 is 0 Å². The first-order valence-electron chi connectivity index (χ1n) is 7.97. The summed E-state index contributed by atoms with van der Waals surface area (Å²) in [5.74, 6) is -0.158. The highest BCUT2D eigenvalue weighted by molar-refractivity contribution is 5.95. The number of amides is 1. The lowest BCUT2D eigenvalue weighted by molar-refractivity contribution is 0.0725. The molecule has 124 valence electrons. The van der Waals surface area contributed by atoms with Crippen molar-refractivity contribution in [1.29, 1.82) is 0 Å². The summed E-state index contributed by atoms with van der Waals surface area (Å²) in [6, 6.07) is 0.421. The second kappa shape index (κ2) is 7.24. The van der Waals surface area contributed by atoms with Crippen molar-refractivity contribution in [1.82, 2.24) is 15.1 Å². The molecule has 1 fully saturated rings. The molecule has 1 atom stereocenters. The number of aromatic nitrogens is 2. The molecule has 1 amide bonds. The predicted molar refractivity (Wildman–Crippen MR) is 83.9 cm³/mol. The van der Waals surface area contributed by atoms with Crippen LogP contribution in [0.2, 0.25) is 0 Å². The topological polar surface area (TPSA) is 76.4 Å². The number of aliphatic hydroxyl groups is 1. The van der Waals surface area contributed by atoms with E-state index in [1.165, 1.54) is 12.8 Å². The maximum atomic E-state index is 12.6. The molecule has 0 aromatic carbocycles. The molecule has 2 rings (SSSR count). The van der Waals surface area contributed by atoms with Gasteiger partial charge in [-0.1, -0.05) is 12.8 Å². The van der Waals surface area contributed by atoms with Crippen LogP contribution in [0.25, 0.3) is 0 Å². The summed E-state index contributed by atoms with van der Waals surface area (Å²) in [4.78, 5) is 12.6. The monoisotopic (exact) mass is 309 g/mol. The number of nitrogens with zero attached hydrogens (tertiary/aromatic N) is 2. The van der Waals surface area contributed by atoms with E-state index in [2.05, 4.69) is 10.4 Å². The number of ether oxygens (including phenoxy) is 1. The van der Waals surface area contributed by atoms with E-state index in [0.29, 0.717) is 24.6 Å². The zero-order valence-corrected chi connectivity index (χ0v) is 13.8. The van der Waals surface area contributed by atoms with Crippen LogP contribution in [0, 0.1) is 6.92 Å². The molecule has 0 radical (unpaired) electrons. The number of nitrogens with one attached hydrogen (secondary N) is 1. The Morgan fingerprint density at radius 1 is 1.55 bits per heavy atom. The number of carbonyl (C=O) groups is 1. The number of rotatable bonds is 7. The molecule has 6 nitrogen and oxygen atoms in total. The van der Waals surface area contributed by atoms with Crippen LogP contribution < -0.4 is 5.32 Å². The van der Waals surface area contributed by atoms with Gasteiger partial charge < -0.3 is 15.2 Å². The van der Waals surface area contributed by atoms with Crippen molar-refractivity contribution < 1.29 is 14.6 Å². The van der Waals surface area contributed by atoms with Crippen molar-refractivity contribution in [3.05, 3.63) is 17.5 Å². The van der Waals surface area contributed by atoms with Crippen LogP contribution in [-0.4, -0.2) is 46.7 Å².